The molecule has 1 aliphatic rings. The molecule has 182 valence electrons. The van der Waals surface area contributed by atoms with E-state index in [1.54, 1.807) is 13.0 Å². The first kappa shape index (κ1) is 23.8. The topological polar surface area (TPSA) is 83.6 Å². The van der Waals surface area contributed by atoms with Gasteiger partial charge in [0.1, 0.15) is 5.54 Å². The number of nitrogens with zero attached hydrogens (tertiary/aromatic N) is 1. The fraction of sp³-hybridized carbons (Fsp3) is 0.172. The molecule has 1 saturated heterocycles. The van der Waals surface area contributed by atoms with Crippen LogP contribution in [0, 0.1) is 0 Å². The number of hydrogen-bond acceptors (Lipinski definition) is 4. The smallest absolute Gasteiger partial charge is 0.264 e. The molecule has 0 bridgehead atoms. The molecule has 0 saturated carbocycles. The number of sulfonamides is 1. The summed E-state index contributed by atoms with van der Waals surface area (Å²) in [6.45, 7) is 2.01. The first-order chi connectivity index (χ1) is 17.3. The highest BCUT2D eigenvalue weighted by Crippen LogP contribution is 2.32. The van der Waals surface area contributed by atoms with E-state index in [1.165, 1.54) is 17.0 Å². The van der Waals surface area contributed by atoms with Gasteiger partial charge in [0.15, 0.2) is 0 Å². The first-order valence-corrected chi connectivity index (χ1v) is 13.3. The van der Waals surface area contributed by atoms with Gasteiger partial charge in [0.05, 0.1) is 11.3 Å². The Hall–Kier alpha value is -3.97. The summed E-state index contributed by atoms with van der Waals surface area (Å²) in [6.07, 6.45) is 0.528. The number of nitrogens with one attached hydrogen (secondary N) is 1. The molecule has 0 aromatic heterocycles. The Morgan fingerprint density at radius 1 is 0.833 bits per heavy atom. The van der Waals surface area contributed by atoms with Crippen molar-refractivity contribution in [3.05, 3.63) is 103 Å². The third-order valence-electron chi connectivity index (χ3n) is 6.88. The first-order valence-electron chi connectivity index (χ1n) is 11.8. The van der Waals surface area contributed by atoms with Crippen molar-refractivity contribution < 1.29 is 18.0 Å². The molecule has 1 atom stereocenters. The summed E-state index contributed by atoms with van der Waals surface area (Å²) in [6, 6.07) is 29.8. The Bertz CT molecular complexity index is 1550. The Morgan fingerprint density at radius 3 is 2.14 bits per heavy atom. The highest BCUT2D eigenvalue weighted by atomic mass is 32.2. The molecule has 1 heterocycles. The van der Waals surface area contributed by atoms with Crippen molar-refractivity contribution in [1.82, 2.24) is 9.62 Å². The molecule has 4 aromatic carbocycles. The van der Waals surface area contributed by atoms with Gasteiger partial charge in [0.25, 0.3) is 15.9 Å². The number of rotatable bonds is 6. The van der Waals surface area contributed by atoms with Gasteiger partial charge < -0.3 is 4.90 Å². The van der Waals surface area contributed by atoms with Crippen molar-refractivity contribution in [1.29, 1.82) is 0 Å². The molecule has 5 rings (SSSR count). The van der Waals surface area contributed by atoms with Crippen molar-refractivity contribution in [2.24, 2.45) is 0 Å². The second-order valence-electron chi connectivity index (χ2n) is 9.25. The number of carbonyl (C=O) groups excluding carboxylic acids is 2. The molecule has 1 N–H and O–H groups in total. The average Bonchev–Trinajstić information content (AvgIpc) is 2.88. The average molecular weight is 499 g/mol. The SMILES string of the molecule is CC1(C(=O)NS(=O)(=O)c2ccc3ccccc3c2)CCN1C(=O)Cc1ccc(-c2ccccc2)cc1. The van der Waals surface area contributed by atoms with E-state index < -0.39 is 21.5 Å². The number of amides is 2. The quantitative estimate of drug-likeness (QED) is 0.423. The van der Waals surface area contributed by atoms with Gasteiger partial charge in [-0.3, -0.25) is 9.59 Å². The maximum atomic E-state index is 13.1. The van der Waals surface area contributed by atoms with Crippen molar-refractivity contribution in [3.63, 3.8) is 0 Å². The number of benzene rings is 4. The monoisotopic (exact) mass is 498 g/mol. The minimum atomic E-state index is -4.09. The Balaban J connectivity index is 1.27. The maximum absolute atomic E-state index is 13.1. The molecule has 0 aliphatic carbocycles. The normalized spacial score (nSPS) is 17.4. The van der Waals surface area contributed by atoms with Crippen LogP contribution >= 0.6 is 0 Å². The van der Waals surface area contributed by atoms with E-state index in [-0.39, 0.29) is 17.2 Å². The van der Waals surface area contributed by atoms with E-state index in [4.69, 9.17) is 0 Å². The van der Waals surface area contributed by atoms with Gasteiger partial charge >= 0.3 is 0 Å². The lowest BCUT2D eigenvalue weighted by Crippen LogP contribution is -2.68. The van der Waals surface area contributed by atoms with Crippen molar-refractivity contribution in [3.8, 4) is 11.1 Å². The van der Waals surface area contributed by atoms with Crippen LogP contribution in [0.15, 0.2) is 102 Å². The lowest BCUT2D eigenvalue weighted by molar-refractivity contribution is -0.156. The van der Waals surface area contributed by atoms with Crippen LogP contribution in [0.2, 0.25) is 0 Å². The highest BCUT2D eigenvalue weighted by Gasteiger charge is 2.50. The number of hydrogen-bond donors (Lipinski definition) is 1. The van der Waals surface area contributed by atoms with E-state index in [0.717, 1.165) is 27.5 Å². The predicted octanol–water partition coefficient (Wildman–Crippen LogP) is 4.55. The molecule has 4 aromatic rings. The van der Waals surface area contributed by atoms with Gasteiger partial charge in [0.2, 0.25) is 5.91 Å². The van der Waals surface area contributed by atoms with Gasteiger partial charge in [-0.1, -0.05) is 84.9 Å². The standard InChI is InChI=1S/C29H26N2O4S/c1-29(28(33)30-36(34,35)26-16-15-23-9-5-6-10-25(23)20-26)17-18-31(29)27(32)19-21-11-13-24(14-12-21)22-7-3-2-4-8-22/h2-16,20H,17-19H2,1H3,(H,30,33). The molecule has 1 unspecified atom stereocenters. The predicted molar refractivity (Wildman–Crippen MR) is 140 cm³/mol. The van der Waals surface area contributed by atoms with Crippen LogP contribution in [-0.4, -0.2) is 37.2 Å². The summed E-state index contributed by atoms with van der Waals surface area (Å²) in [5.74, 6) is -0.913. The highest BCUT2D eigenvalue weighted by molar-refractivity contribution is 7.90. The Labute approximate surface area is 210 Å². The van der Waals surface area contributed by atoms with Crippen LogP contribution in [0.1, 0.15) is 18.9 Å². The zero-order valence-corrected chi connectivity index (χ0v) is 20.7. The number of fused-ring (bicyclic) bond motifs is 1. The van der Waals surface area contributed by atoms with Crippen molar-refractivity contribution in [2.75, 3.05) is 6.54 Å². The van der Waals surface area contributed by atoms with Gasteiger partial charge in [-0.15, -0.1) is 0 Å². The van der Waals surface area contributed by atoms with E-state index in [0.29, 0.717) is 13.0 Å². The third kappa shape index (κ3) is 4.50. The summed E-state index contributed by atoms with van der Waals surface area (Å²) in [5, 5.41) is 1.67. The van der Waals surface area contributed by atoms with Crippen LogP contribution in [0.5, 0.6) is 0 Å². The molecular formula is C29H26N2O4S. The third-order valence-corrected chi connectivity index (χ3v) is 8.21. The minimum absolute atomic E-state index is 0.00820. The van der Waals surface area contributed by atoms with E-state index >= 15 is 0 Å². The maximum Gasteiger partial charge on any atom is 0.264 e. The van der Waals surface area contributed by atoms with Crippen LogP contribution in [0.4, 0.5) is 0 Å². The zero-order chi connectivity index (χ0) is 25.3. The number of carbonyl (C=O) groups is 2. The second-order valence-corrected chi connectivity index (χ2v) is 10.9. The summed E-state index contributed by atoms with van der Waals surface area (Å²) in [7, 11) is -4.09. The molecule has 2 amide bonds. The van der Waals surface area contributed by atoms with Crippen molar-refractivity contribution in [2.45, 2.75) is 30.2 Å². The minimum Gasteiger partial charge on any atom is -0.328 e. The van der Waals surface area contributed by atoms with Gasteiger partial charge in [-0.25, -0.2) is 13.1 Å². The summed E-state index contributed by atoms with van der Waals surface area (Å²) in [5.41, 5.74) is 1.76. The van der Waals surface area contributed by atoms with Crippen LogP contribution in [-0.2, 0) is 26.0 Å². The van der Waals surface area contributed by atoms with Gasteiger partial charge in [-0.2, -0.15) is 0 Å². The molecule has 7 heteroatoms. The summed E-state index contributed by atoms with van der Waals surface area (Å²) in [4.78, 5) is 27.6. The van der Waals surface area contributed by atoms with E-state index in [2.05, 4.69) is 4.72 Å². The lowest BCUT2D eigenvalue weighted by Gasteiger charge is -2.49. The molecular weight excluding hydrogens is 472 g/mol. The molecule has 1 aliphatic heterocycles. The summed E-state index contributed by atoms with van der Waals surface area (Å²) >= 11 is 0. The largest absolute Gasteiger partial charge is 0.328 e. The Morgan fingerprint density at radius 2 is 1.47 bits per heavy atom. The zero-order valence-electron chi connectivity index (χ0n) is 19.8. The fourth-order valence-electron chi connectivity index (χ4n) is 4.54. The molecule has 36 heavy (non-hydrogen) atoms. The van der Waals surface area contributed by atoms with E-state index in [9.17, 15) is 18.0 Å². The van der Waals surface area contributed by atoms with Gasteiger partial charge in [-0.05, 0) is 52.9 Å². The molecule has 6 nitrogen and oxygen atoms in total. The van der Waals surface area contributed by atoms with Gasteiger partial charge in [0, 0.05) is 6.54 Å². The second kappa shape index (κ2) is 9.24. The molecule has 0 radical (unpaired) electrons. The molecule has 1 fully saturated rings. The summed E-state index contributed by atoms with van der Waals surface area (Å²) < 4.78 is 28.1. The number of likely N-dealkylation sites (tertiary alicyclic amines) is 1. The van der Waals surface area contributed by atoms with Crippen LogP contribution in [0.25, 0.3) is 21.9 Å². The van der Waals surface area contributed by atoms with Crippen LogP contribution in [0.3, 0.4) is 0 Å². The van der Waals surface area contributed by atoms with E-state index in [1.807, 2.05) is 78.9 Å². The Kier molecular flexibility index (Phi) is 6.10. The van der Waals surface area contributed by atoms with Crippen LogP contribution < -0.4 is 4.72 Å². The fourth-order valence-corrected chi connectivity index (χ4v) is 5.65. The lowest BCUT2D eigenvalue weighted by atomic mass is 9.85. The van der Waals surface area contributed by atoms with Crippen molar-refractivity contribution >= 4 is 32.6 Å². The molecule has 0 spiro atoms.